The van der Waals surface area contributed by atoms with Crippen LogP contribution in [0.5, 0.6) is 5.88 Å². The van der Waals surface area contributed by atoms with Gasteiger partial charge in [-0.3, -0.25) is 10.1 Å². The summed E-state index contributed by atoms with van der Waals surface area (Å²) in [7, 11) is 1.40. The first-order valence-corrected chi connectivity index (χ1v) is 6.55. The summed E-state index contributed by atoms with van der Waals surface area (Å²) in [5.74, 6) is -2.82. The number of methoxy groups -OCH3 is 1. The van der Waals surface area contributed by atoms with Crippen LogP contribution in [0.4, 0.5) is 14.7 Å². The lowest BCUT2D eigenvalue weighted by Crippen LogP contribution is -2.18. The van der Waals surface area contributed by atoms with Crippen molar-refractivity contribution in [2.24, 2.45) is 0 Å². The van der Waals surface area contributed by atoms with E-state index in [-0.39, 0.29) is 16.3 Å². The number of aryl methyl sites for hydroxylation is 1. The number of benzene rings is 1. The number of ether oxygens (including phenoxy) is 1. The van der Waals surface area contributed by atoms with E-state index in [1.165, 1.54) is 7.11 Å². The molecule has 0 aliphatic carbocycles. The number of hydrogen-bond donors (Lipinski definition) is 1. The number of anilines is 1. The van der Waals surface area contributed by atoms with Crippen LogP contribution in [0.25, 0.3) is 0 Å². The van der Waals surface area contributed by atoms with Crippen molar-refractivity contribution >= 4 is 27.8 Å². The number of carbonyl (C=O) groups excluding carboxylic acids is 1. The van der Waals surface area contributed by atoms with Crippen molar-refractivity contribution in [3.63, 3.8) is 0 Å². The second-order valence-corrected chi connectivity index (χ2v) is 4.99. The molecule has 1 N–H and O–H groups in total. The summed E-state index contributed by atoms with van der Waals surface area (Å²) in [6, 6.07) is 3.54. The monoisotopic (exact) mass is 357 g/mol. The molecule has 2 rings (SSSR count). The van der Waals surface area contributed by atoms with Crippen LogP contribution in [0.3, 0.4) is 0 Å². The Morgan fingerprint density at radius 1 is 1.24 bits per heavy atom. The molecule has 0 spiro atoms. The molecule has 0 radical (unpaired) electrons. The van der Waals surface area contributed by atoms with Gasteiger partial charge in [-0.05, 0) is 19.1 Å². The first-order chi connectivity index (χ1) is 9.90. The number of aromatic nitrogens is 2. The van der Waals surface area contributed by atoms with E-state index in [1.54, 1.807) is 13.0 Å². The van der Waals surface area contributed by atoms with Crippen molar-refractivity contribution in [1.29, 1.82) is 0 Å². The fourth-order valence-corrected chi connectivity index (χ4v) is 2.03. The molecule has 2 aromatic rings. The van der Waals surface area contributed by atoms with E-state index in [0.717, 1.165) is 12.1 Å². The maximum atomic E-state index is 13.7. The highest BCUT2D eigenvalue weighted by atomic mass is 79.9. The SMILES string of the molecule is COc1cc(C)nc(NC(=O)c2c(F)cc(Br)cc2F)n1. The van der Waals surface area contributed by atoms with E-state index in [1.807, 2.05) is 0 Å². The minimum atomic E-state index is -0.987. The lowest BCUT2D eigenvalue weighted by molar-refractivity contribution is 0.101. The van der Waals surface area contributed by atoms with E-state index in [0.29, 0.717) is 5.69 Å². The van der Waals surface area contributed by atoms with Gasteiger partial charge in [0.1, 0.15) is 17.2 Å². The van der Waals surface area contributed by atoms with E-state index >= 15 is 0 Å². The Morgan fingerprint density at radius 2 is 1.86 bits per heavy atom. The van der Waals surface area contributed by atoms with Gasteiger partial charge in [0.15, 0.2) is 0 Å². The Labute approximate surface area is 127 Å². The predicted molar refractivity (Wildman–Crippen MR) is 75.3 cm³/mol. The summed E-state index contributed by atoms with van der Waals surface area (Å²) < 4.78 is 32.5. The summed E-state index contributed by atoms with van der Waals surface area (Å²) in [4.78, 5) is 19.8. The van der Waals surface area contributed by atoms with Crippen LogP contribution in [-0.2, 0) is 0 Å². The van der Waals surface area contributed by atoms with Crippen LogP contribution < -0.4 is 10.1 Å². The van der Waals surface area contributed by atoms with E-state index in [4.69, 9.17) is 4.74 Å². The Morgan fingerprint density at radius 3 is 2.43 bits per heavy atom. The minimum absolute atomic E-state index is 0.0985. The summed E-state index contributed by atoms with van der Waals surface area (Å²) >= 11 is 2.94. The standard InChI is InChI=1S/C13H10BrF2N3O2/c1-6-3-10(21-2)18-13(17-6)19-12(20)11-8(15)4-7(14)5-9(11)16/h3-5H,1-2H3,(H,17,18,19,20). The quantitative estimate of drug-likeness (QED) is 0.916. The molecular weight excluding hydrogens is 348 g/mol. The van der Waals surface area contributed by atoms with E-state index in [2.05, 4.69) is 31.2 Å². The molecule has 1 amide bonds. The molecule has 21 heavy (non-hydrogen) atoms. The first-order valence-electron chi connectivity index (χ1n) is 5.76. The Balaban J connectivity index is 2.32. The molecule has 0 aliphatic rings. The number of hydrogen-bond acceptors (Lipinski definition) is 4. The summed E-state index contributed by atoms with van der Waals surface area (Å²) in [5.41, 5.74) is -0.170. The van der Waals surface area contributed by atoms with Crippen LogP contribution in [-0.4, -0.2) is 23.0 Å². The molecule has 0 atom stereocenters. The number of nitrogens with one attached hydrogen (secondary N) is 1. The molecule has 0 aliphatic heterocycles. The van der Waals surface area contributed by atoms with Gasteiger partial charge in [0.25, 0.3) is 5.91 Å². The van der Waals surface area contributed by atoms with Gasteiger partial charge in [-0.2, -0.15) is 4.98 Å². The average Bonchev–Trinajstić information content (AvgIpc) is 2.36. The Hall–Kier alpha value is -2.09. The molecule has 0 saturated heterocycles. The van der Waals surface area contributed by atoms with Crippen LogP contribution in [0, 0.1) is 18.6 Å². The fraction of sp³-hybridized carbons (Fsp3) is 0.154. The molecule has 0 saturated carbocycles. The average molecular weight is 358 g/mol. The molecule has 1 heterocycles. The second-order valence-electron chi connectivity index (χ2n) is 4.07. The maximum absolute atomic E-state index is 13.7. The first kappa shape index (κ1) is 15.3. The normalized spacial score (nSPS) is 10.3. The maximum Gasteiger partial charge on any atom is 0.263 e. The zero-order valence-electron chi connectivity index (χ0n) is 11.1. The number of halogens is 3. The van der Waals surface area contributed by atoms with Crippen molar-refractivity contribution in [1.82, 2.24) is 9.97 Å². The molecule has 5 nitrogen and oxygen atoms in total. The third-order valence-electron chi connectivity index (χ3n) is 2.50. The predicted octanol–water partition coefficient (Wildman–Crippen LogP) is 3.09. The Bertz CT molecular complexity index is 687. The zero-order valence-corrected chi connectivity index (χ0v) is 12.7. The van der Waals surface area contributed by atoms with Gasteiger partial charge < -0.3 is 4.74 Å². The van der Waals surface area contributed by atoms with Gasteiger partial charge in [0, 0.05) is 16.2 Å². The molecule has 0 unspecified atom stereocenters. The highest BCUT2D eigenvalue weighted by molar-refractivity contribution is 9.10. The molecule has 1 aromatic heterocycles. The summed E-state index contributed by atoms with van der Waals surface area (Å²) in [6.45, 7) is 1.67. The molecular formula is C13H10BrF2N3O2. The number of rotatable bonds is 3. The fourth-order valence-electron chi connectivity index (χ4n) is 1.62. The Kier molecular flexibility index (Phi) is 4.46. The molecule has 1 aromatic carbocycles. The number of amides is 1. The third-order valence-corrected chi connectivity index (χ3v) is 2.96. The van der Waals surface area contributed by atoms with Crippen molar-refractivity contribution in [3.8, 4) is 5.88 Å². The van der Waals surface area contributed by atoms with Gasteiger partial charge in [-0.25, -0.2) is 13.8 Å². The van der Waals surface area contributed by atoms with Gasteiger partial charge in [0.05, 0.1) is 7.11 Å². The number of carbonyl (C=O) groups is 1. The minimum Gasteiger partial charge on any atom is -0.481 e. The van der Waals surface area contributed by atoms with Crippen LogP contribution in [0.15, 0.2) is 22.7 Å². The zero-order chi connectivity index (χ0) is 15.6. The third kappa shape index (κ3) is 3.52. The highest BCUT2D eigenvalue weighted by Gasteiger charge is 2.19. The molecule has 8 heteroatoms. The molecule has 0 fully saturated rings. The molecule has 0 bridgehead atoms. The lowest BCUT2D eigenvalue weighted by Gasteiger charge is -2.08. The van der Waals surface area contributed by atoms with Gasteiger partial charge >= 0.3 is 0 Å². The topological polar surface area (TPSA) is 64.1 Å². The van der Waals surface area contributed by atoms with Crippen molar-refractivity contribution in [2.45, 2.75) is 6.92 Å². The van der Waals surface area contributed by atoms with Crippen LogP contribution in [0.2, 0.25) is 0 Å². The van der Waals surface area contributed by atoms with Crippen LogP contribution in [0.1, 0.15) is 16.1 Å². The second kappa shape index (κ2) is 6.13. The molecule has 110 valence electrons. The van der Waals surface area contributed by atoms with Gasteiger partial charge in [-0.1, -0.05) is 15.9 Å². The van der Waals surface area contributed by atoms with Gasteiger partial charge in [0.2, 0.25) is 11.8 Å². The van der Waals surface area contributed by atoms with Gasteiger partial charge in [-0.15, -0.1) is 0 Å². The van der Waals surface area contributed by atoms with E-state index in [9.17, 15) is 13.6 Å². The largest absolute Gasteiger partial charge is 0.481 e. The lowest BCUT2D eigenvalue weighted by atomic mass is 10.2. The van der Waals surface area contributed by atoms with Crippen LogP contribution >= 0.6 is 15.9 Å². The van der Waals surface area contributed by atoms with Crippen molar-refractivity contribution in [2.75, 3.05) is 12.4 Å². The van der Waals surface area contributed by atoms with Crippen molar-refractivity contribution in [3.05, 3.63) is 45.6 Å². The smallest absolute Gasteiger partial charge is 0.263 e. The van der Waals surface area contributed by atoms with Crippen molar-refractivity contribution < 1.29 is 18.3 Å². The number of nitrogens with zero attached hydrogens (tertiary/aromatic N) is 2. The van der Waals surface area contributed by atoms with E-state index < -0.39 is 23.1 Å². The summed E-state index contributed by atoms with van der Waals surface area (Å²) in [6.07, 6.45) is 0. The highest BCUT2D eigenvalue weighted by Crippen LogP contribution is 2.20. The summed E-state index contributed by atoms with van der Waals surface area (Å²) in [5, 5.41) is 2.24.